The van der Waals surface area contributed by atoms with Crippen molar-refractivity contribution < 1.29 is 31.0 Å². The molecular formula is C25H27BrN2O2. The Bertz CT molecular complexity index is 1130. The lowest BCUT2D eigenvalue weighted by molar-refractivity contribution is -0.671. The third kappa shape index (κ3) is 4.98. The number of hydrogen-bond acceptors (Lipinski definition) is 2. The Morgan fingerprint density at radius 2 is 1.57 bits per heavy atom. The van der Waals surface area contributed by atoms with Crippen molar-refractivity contribution >= 4 is 34.0 Å². The maximum absolute atomic E-state index is 5.71. The van der Waals surface area contributed by atoms with Crippen LogP contribution in [-0.2, 0) is 23.1 Å². The van der Waals surface area contributed by atoms with E-state index >= 15 is 0 Å². The van der Waals surface area contributed by atoms with Crippen LogP contribution in [0, 0.1) is 0 Å². The Labute approximate surface area is 188 Å². The summed E-state index contributed by atoms with van der Waals surface area (Å²) in [5, 5.41) is 2.56. The zero-order valence-corrected chi connectivity index (χ0v) is 19.0. The molecule has 4 aromatic rings. The van der Waals surface area contributed by atoms with E-state index in [1.807, 2.05) is 11.6 Å². The maximum atomic E-state index is 5.71. The number of nitrogens with zero attached hydrogens (tertiary/aromatic N) is 2. The fourth-order valence-electron chi connectivity index (χ4n) is 3.63. The van der Waals surface area contributed by atoms with Gasteiger partial charge in [0, 0.05) is 47.6 Å². The van der Waals surface area contributed by atoms with Crippen LogP contribution >= 0.6 is 0 Å². The van der Waals surface area contributed by atoms with Crippen LogP contribution < -0.4 is 21.5 Å². The Balaban J connectivity index is 0.00000256. The van der Waals surface area contributed by atoms with Crippen molar-refractivity contribution in [3.8, 4) is 0 Å². The van der Waals surface area contributed by atoms with Crippen LogP contribution in [0.15, 0.2) is 67.0 Å². The van der Waals surface area contributed by atoms with Gasteiger partial charge in [-0.25, -0.2) is 4.57 Å². The Morgan fingerprint density at radius 1 is 0.833 bits per heavy atom. The molecular weight excluding hydrogens is 440 g/mol. The summed E-state index contributed by atoms with van der Waals surface area (Å²) in [5.74, 6) is 0. The van der Waals surface area contributed by atoms with Gasteiger partial charge in [-0.2, -0.15) is 0 Å². The average molecular weight is 467 g/mol. The highest BCUT2D eigenvalue weighted by atomic mass is 79.9. The van der Waals surface area contributed by atoms with Gasteiger partial charge in [0.2, 0.25) is 0 Å². The summed E-state index contributed by atoms with van der Waals surface area (Å²) >= 11 is 0. The standard InChI is InChI=1S/C25H27N2O2.BrH/c1-26-13-11-20(12-14-26)7-8-21-9-10-25-23(19-21)22-5-3-4-6-24(22)27(25)15-16-29-18-17-28-2;/h3-14,19H,15-18H2,1-2H3;1H/q+1;/p-1. The van der Waals surface area contributed by atoms with E-state index in [4.69, 9.17) is 9.47 Å². The highest BCUT2D eigenvalue weighted by molar-refractivity contribution is 6.08. The second-order valence-corrected chi connectivity index (χ2v) is 7.18. The zero-order chi connectivity index (χ0) is 20.1. The number of hydrogen-bond donors (Lipinski definition) is 0. The number of ether oxygens (including phenoxy) is 2. The highest BCUT2D eigenvalue weighted by Gasteiger charge is 2.10. The molecule has 2 heterocycles. The van der Waals surface area contributed by atoms with Crippen LogP contribution in [0.2, 0.25) is 0 Å². The molecule has 156 valence electrons. The van der Waals surface area contributed by atoms with E-state index in [1.165, 1.54) is 32.9 Å². The Morgan fingerprint density at radius 3 is 2.37 bits per heavy atom. The summed E-state index contributed by atoms with van der Waals surface area (Å²) < 4.78 is 15.1. The summed E-state index contributed by atoms with van der Waals surface area (Å²) in [6.45, 7) is 2.75. The molecule has 0 atom stereocenters. The minimum atomic E-state index is 0. The minimum Gasteiger partial charge on any atom is -1.00 e. The van der Waals surface area contributed by atoms with Crippen LogP contribution in [0.5, 0.6) is 0 Å². The summed E-state index contributed by atoms with van der Waals surface area (Å²) in [6.07, 6.45) is 8.45. The number of benzene rings is 2. The molecule has 4 rings (SSSR count). The molecule has 0 radical (unpaired) electrons. The molecule has 0 aliphatic carbocycles. The first-order chi connectivity index (χ1) is 14.3. The summed E-state index contributed by atoms with van der Waals surface area (Å²) in [6, 6.07) is 19.5. The third-order valence-corrected chi connectivity index (χ3v) is 5.16. The van der Waals surface area contributed by atoms with Gasteiger partial charge in [-0.1, -0.05) is 36.4 Å². The van der Waals surface area contributed by atoms with E-state index in [0.717, 1.165) is 6.54 Å². The fraction of sp³-hybridized carbons (Fsp3) is 0.240. The van der Waals surface area contributed by atoms with Gasteiger partial charge >= 0.3 is 0 Å². The summed E-state index contributed by atoms with van der Waals surface area (Å²) in [5.41, 5.74) is 4.88. The van der Waals surface area contributed by atoms with Gasteiger partial charge in [0.15, 0.2) is 12.4 Å². The molecule has 2 aromatic heterocycles. The predicted octanol–water partition coefficient (Wildman–Crippen LogP) is 1.46. The first-order valence-electron chi connectivity index (χ1n) is 9.97. The van der Waals surface area contributed by atoms with Gasteiger partial charge in [-0.15, -0.1) is 0 Å². The number of para-hydroxylation sites is 1. The Hall–Kier alpha value is -2.47. The van der Waals surface area contributed by atoms with Crippen LogP contribution in [0.4, 0.5) is 0 Å². The lowest BCUT2D eigenvalue weighted by Gasteiger charge is -2.08. The quantitative estimate of drug-likeness (QED) is 0.290. The highest BCUT2D eigenvalue weighted by Crippen LogP contribution is 2.30. The average Bonchev–Trinajstić information content (AvgIpc) is 3.06. The smallest absolute Gasteiger partial charge is 0.169 e. The second kappa shape index (κ2) is 10.5. The number of methoxy groups -OCH3 is 1. The van der Waals surface area contributed by atoms with E-state index in [-0.39, 0.29) is 17.0 Å². The number of halogens is 1. The van der Waals surface area contributed by atoms with Crippen molar-refractivity contribution in [1.29, 1.82) is 0 Å². The summed E-state index contributed by atoms with van der Waals surface area (Å²) in [4.78, 5) is 0. The first kappa shape index (κ1) is 22.2. The van der Waals surface area contributed by atoms with Gasteiger partial charge in [0.05, 0.1) is 19.8 Å². The van der Waals surface area contributed by atoms with Crippen LogP contribution in [0.1, 0.15) is 11.1 Å². The lowest BCUT2D eigenvalue weighted by atomic mass is 10.1. The van der Waals surface area contributed by atoms with Crippen LogP contribution in [0.25, 0.3) is 34.0 Å². The van der Waals surface area contributed by atoms with Gasteiger partial charge in [0.25, 0.3) is 0 Å². The number of fused-ring (bicyclic) bond motifs is 3. The van der Waals surface area contributed by atoms with E-state index in [2.05, 4.69) is 83.7 Å². The lowest BCUT2D eigenvalue weighted by Crippen LogP contribution is -3.00. The van der Waals surface area contributed by atoms with Crippen LogP contribution in [-0.4, -0.2) is 31.5 Å². The molecule has 0 unspecified atom stereocenters. The monoisotopic (exact) mass is 466 g/mol. The molecule has 0 amide bonds. The molecule has 0 fully saturated rings. The molecule has 30 heavy (non-hydrogen) atoms. The maximum Gasteiger partial charge on any atom is 0.169 e. The summed E-state index contributed by atoms with van der Waals surface area (Å²) in [7, 11) is 3.72. The number of pyridine rings is 1. The van der Waals surface area contributed by atoms with Gasteiger partial charge < -0.3 is 31.0 Å². The molecule has 5 heteroatoms. The molecule has 0 aliphatic heterocycles. The van der Waals surface area contributed by atoms with E-state index in [1.54, 1.807) is 7.11 Å². The van der Waals surface area contributed by atoms with Gasteiger partial charge in [-0.05, 0) is 29.3 Å². The topological polar surface area (TPSA) is 27.3 Å². The molecule has 0 aliphatic rings. The Kier molecular flexibility index (Phi) is 7.80. The van der Waals surface area contributed by atoms with Crippen molar-refractivity contribution in [3.05, 3.63) is 78.1 Å². The van der Waals surface area contributed by atoms with Gasteiger partial charge in [-0.3, -0.25) is 0 Å². The van der Waals surface area contributed by atoms with Crippen molar-refractivity contribution in [1.82, 2.24) is 4.57 Å². The van der Waals surface area contributed by atoms with Crippen molar-refractivity contribution in [2.75, 3.05) is 26.9 Å². The number of aromatic nitrogens is 2. The minimum absolute atomic E-state index is 0. The molecule has 0 bridgehead atoms. The zero-order valence-electron chi connectivity index (χ0n) is 17.4. The molecule has 0 spiro atoms. The molecule has 4 nitrogen and oxygen atoms in total. The van der Waals surface area contributed by atoms with E-state index < -0.39 is 0 Å². The van der Waals surface area contributed by atoms with Crippen molar-refractivity contribution in [2.45, 2.75) is 6.54 Å². The normalized spacial score (nSPS) is 11.4. The van der Waals surface area contributed by atoms with E-state index in [0.29, 0.717) is 19.8 Å². The van der Waals surface area contributed by atoms with Gasteiger partial charge in [0.1, 0.15) is 7.05 Å². The fourth-order valence-corrected chi connectivity index (χ4v) is 3.63. The number of aryl methyl sites for hydroxylation is 1. The van der Waals surface area contributed by atoms with Crippen molar-refractivity contribution in [2.24, 2.45) is 7.05 Å². The largest absolute Gasteiger partial charge is 1.00 e. The SMILES string of the molecule is COCCOCCn1c2ccccc2c2cc(/C=C/c3cc[n+](C)cc3)ccc21.[Br-]. The predicted molar refractivity (Wildman–Crippen MR) is 119 cm³/mol. The number of rotatable bonds is 8. The van der Waals surface area contributed by atoms with Crippen molar-refractivity contribution in [3.63, 3.8) is 0 Å². The van der Waals surface area contributed by atoms with Crippen LogP contribution in [0.3, 0.4) is 0 Å². The third-order valence-electron chi connectivity index (χ3n) is 5.16. The molecule has 0 saturated heterocycles. The second-order valence-electron chi connectivity index (χ2n) is 7.18. The van der Waals surface area contributed by atoms with E-state index in [9.17, 15) is 0 Å². The molecule has 2 aromatic carbocycles. The molecule has 0 saturated carbocycles. The molecule has 0 N–H and O–H groups in total. The first-order valence-corrected chi connectivity index (χ1v) is 9.97.